The molecule has 1 heterocycles. The highest BCUT2D eigenvalue weighted by Gasteiger charge is 2.51. The van der Waals surface area contributed by atoms with Gasteiger partial charge in [-0.2, -0.15) is 0 Å². The molecular formula is C17H26BNO2. The molecule has 3 rings (SSSR count). The Morgan fingerprint density at radius 3 is 2.29 bits per heavy atom. The molecule has 1 aromatic carbocycles. The Morgan fingerprint density at radius 1 is 1.10 bits per heavy atom. The van der Waals surface area contributed by atoms with E-state index in [4.69, 9.17) is 9.31 Å². The second-order valence-corrected chi connectivity index (χ2v) is 7.56. The molecular weight excluding hydrogens is 261 g/mol. The molecule has 1 atom stereocenters. The van der Waals surface area contributed by atoms with Crippen LogP contribution >= 0.6 is 0 Å². The molecule has 0 saturated carbocycles. The standard InChI is InChI=1S/C17H26BNO2/c1-16(2)17(3,4)21-18(20-16)13-8-9-14-12(11-13)7-10-15(14)19(5)6/h8-9,11,15H,7,10H2,1-6H3. The van der Waals surface area contributed by atoms with Crippen molar-refractivity contribution in [2.75, 3.05) is 14.1 Å². The zero-order valence-electron chi connectivity index (χ0n) is 14.1. The molecule has 0 radical (unpaired) electrons. The lowest BCUT2D eigenvalue weighted by atomic mass is 9.78. The van der Waals surface area contributed by atoms with Crippen molar-refractivity contribution < 1.29 is 9.31 Å². The second-order valence-electron chi connectivity index (χ2n) is 7.56. The smallest absolute Gasteiger partial charge is 0.399 e. The fourth-order valence-electron chi connectivity index (χ4n) is 3.28. The predicted octanol–water partition coefficient (Wildman–Crippen LogP) is 2.53. The van der Waals surface area contributed by atoms with Crippen molar-refractivity contribution in [3.63, 3.8) is 0 Å². The lowest BCUT2D eigenvalue weighted by Crippen LogP contribution is -2.41. The van der Waals surface area contributed by atoms with Gasteiger partial charge in [0.25, 0.3) is 0 Å². The zero-order valence-corrected chi connectivity index (χ0v) is 14.1. The third-order valence-electron chi connectivity index (χ3n) is 5.36. The maximum absolute atomic E-state index is 6.15. The van der Waals surface area contributed by atoms with Gasteiger partial charge >= 0.3 is 7.12 Å². The summed E-state index contributed by atoms with van der Waals surface area (Å²) >= 11 is 0. The molecule has 0 amide bonds. The van der Waals surface area contributed by atoms with Gasteiger partial charge in [0.2, 0.25) is 0 Å². The van der Waals surface area contributed by atoms with E-state index in [1.807, 2.05) is 0 Å². The summed E-state index contributed by atoms with van der Waals surface area (Å²) < 4.78 is 12.3. The van der Waals surface area contributed by atoms with Crippen LogP contribution in [0.3, 0.4) is 0 Å². The van der Waals surface area contributed by atoms with Crippen LogP contribution in [0.4, 0.5) is 0 Å². The van der Waals surface area contributed by atoms with Gasteiger partial charge in [0.1, 0.15) is 0 Å². The average Bonchev–Trinajstić information content (AvgIpc) is 2.87. The van der Waals surface area contributed by atoms with Crippen molar-refractivity contribution in [3.05, 3.63) is 29.3 Å². The largest absolute Gasteiger partial charge is 0.494 e. The number of hydrogen-bond acceptors (Lipinski definition) is 3. The summed E-state index contributed by atoms with van der Waals surface area (Å²) in [6.07, 6.45) is 2.35. The molecule has 3 nitrogen and oxygen atoms in total. The number of hydrogen-bond donors (Lipinski definition) is 0. The molecule has 1 aromatic rings. The minimum absolute atomic E-state index is 0.251. The van der Waals surface area contributed by atoms with E-state index in [-0.39, 0.29) is 18.3 Å². The Morgan fingerprint density at radius 2 is 1.71 bits per heavy atom. The van der Waals surface area contributed by atoms with Gasteiger partial charge in [0.05, 0.1) is 11.2 Å². The molecule has 1 aliphatic heterocycles. The molecule has 0 spiro atoms. The van der Waals surface area contributed by atoms with Gasteiger partial charge < -0.3 is 14.2 Å². The third kappa shape index (κ3) is 2.43. The predicted molar refractivity (Wildman–Crippen MR) is 86.9 cm³/mol. The Balaban J connectivity index is 1.87. The SMILES string of the molecule is CN(C)C1CCc2cc(B3OC(C)(C)C(C)(C)O3)ccc21. The van der Waals surface area contributed by atoms with Crippen LogP contribution in [0.25, 0.3) is 0 Å². The van der Waals surface area contributed by atoms with Gasteiger partial charge in [-0.3, -0.25) is 0 Å². The van der Waals surface area contributed by atoms with E-state index in [0.29, 0.717) is 6.04 Å². The molecule has 4 heteroatoms. The maximum atomic E-state index is 6.15. The molecule has 0 bridgehead atoms. The Bertz CT molecular complexity index is 538. The van der Waals surface area contributed by atoms with Crippen LogP contribution in [0.1, 0.15) is 51.3 Å². The molecule has 2 aliphatic rings. The molecule has 1 saturated heterocycles. The van der Waals surface area contributed by atoms with Crippen molar-refractivity contribution in [2.45, 2.75) is 57.8 Å². The minimum Gasteiger partial charge on any atom is -0.399 e. The highest BCUT2D eigenvalue weighted by molar-refractivity contribution is 6.62. The first-order chi connectivity index (χ1) is 9.71. The van der Waals surface area contributed by atoms with Gasteiger partial charge in [-0.1, -0.05) is 18.2 Å². The Hall–Kier alpha value is -0.835. The summed E-state index contributed by atoms with van der Waals surface area (Å²) in [5.74, 6) is 0. The number of benzene rings is 1. The average molecular weight is 287 g/mol. The van der Waals surface area contributed by atoms with Gasteiger partial charge in [-0.15, -0.1) is 0 Å². The van der Waals surface area contributed by atoms with Crippen molar-refractivity contribution >= 4 is 12.6 Å². The van der Waals surface area contributed by atoms with Crippen LogP contribution in [0.2, 0.25) is 0 Å². The van der Waals surface area contributed by atoms with Crippen LogP contribution < -0.4 is 5.46 Å². The fourth-order valence-corrected chi connectivity index (χ4v) is 3.28. The highest BCUT2D eigenvalue weighted by Crippen LogP contribution is 2.38. The van der Waals surface area contributed by atoms with E-state index in [1.54, 1.807) is 0 Å². The molecule has 21 heavy (non-hydrogen) atoms. The van der Waals surface area contributed by atoms with Crippen molar-refractivity contribution in [3.8, 4) is 0 Å². The lowest BCUT2D eigenvalue weighted by Gasteiger charge is -2.32. The van der Waals surface area contributed by atoms with E-state index < -0.39 is 0 Å². The van der Waals surface area contributed by atoms with Crippen LogP contribution in [0.5, 0.6) is 0 Å². The first-order valence-corrected chi connectivity index (χ1v) is 7.86. The summed E-state index contributed by atoms with van der Waals surface area (Å²) in [7, 11) is 4.06. The summed E-state index contributed by atoms with van der Waals surface area (Å²) in [4.78, 5) is 2.31. The second kappa shape index (κ2) is 4.84. The fraction of sp³-hybridized carbons (Fsp3) is 0.647. The van der Waals surface area contributed by atoms with Crippen molar-refractivity contribution in [1.29, 1.82) is 0 Å². The molecule has 1 aliphatic carbocycles. The number of nitrogens with zero attached hydrogens (tertiary/aromatic N) is 1. The first-order valence-electron chi connectivity index (χ1n) is 7.86. The monoisotopic (exact) mass is 287 g/mol. The normalized spacial score (nSPS) is 26.4. The van der Waals surface area contributed by atoms with Crippen LogP contribution in [-0.2, 0) is 15.7 Å². The van der Waals surface area contributed by atoms with Crippen LogP contribution in [-0.4, -0.2) is 37.3 Å². The molecule has 1 unspecified atom stereocenters. The van der Waals surface area contributed by atoms with E-state index in [0.717, 1.165) is 11.9 Å². The van der Waals surface area contributed by atoms with E-state index >= 15 is 0 Å². The van der Waals surface area contributed by atoms with E-state index in [9.17, 15) is 0 Å². The number of aryl methyl sites for hydroxylation is 1. The van der Waals surface area contributed by atoms with Crippen molar-refractivity contribution in [1.82, 2.24) is 4.90 Å². The van der Waals surface area contributed by atoms with Crippen LogP contribution in [0, 0.1) is 0 Å². The molecule has 114 valence electrons. The quantitative estimate of drug-likeness (QED) is 0.780. The van der Waals surface area contributed by atoms with Crippen molar-refractivity contribution in [2.24, 2.45) is 0 Å². The van der Waals surface area contributed by atoms with Gasteiger partial charge in [0.15, 0.2) is 0 Å². The first kappa shape index (κ1) is 15.1. The number of fused-ring (bicyclic) bond motifs is 1. The van der Waals surface area contributed by atoms with Crippen LogP contribution in [0.15, 0.2) is 18.2 Å². The summed E-state index contributed by atoms with van der Waals surface area (Å²) in [5, 5.41) is 0. The summed E-state index contributed by atoms with van der Waals surface area (Å²) in [6.45, 7) is 8.40. The molecule has 1 fully saturated rings. The molecule has 0 aromatic heterocycles. The zero-order chi connectivity index (χ0) is 15.4. The highest BCUT2D eigenvalue weighted by atomic mass is 16.7. The minimum atomic E-state index is -0.275. The van der Waals surface area contributed by atoms with E-state index in [1.165, 1.54) is 17.5 Å². The molecule has 0 N–H and O–H groups in total. The third-order valence-corrected chi connectivity index (χ3v) is 5.36. The number of rotatable bonds is 2. The summed E-state index contributed by atoms with van der Waals surface area (Å²) in [6, 6.07) is 7.25. The van der Waals surface area contributed by atoms with Gasteiger partial charge in [0, 0.05) is 6.04 Å². The Labute approximate surface area is 128 Å². The maximum Gasteiger partial charge on any atom is 0.494 e. The van der Waals surface area contributed by atoms with Gasteiger partial charge in [-0.05, 0) is 71.2 Å². The van der Waals surface area contributed by atoms with E-state index in [2.05, 4.69) is 64.9 Å². The summed E-state index contributed by atoms with van der Waals surface area (Å²) in [5.41, 5.74) is 3.50. The lowest BCUT2D eigenvalue weighted by molar-refractivity contribution is 0.00578. The Kier molecular flexibility index (Phi) is 3.47. The topological polar surface area (TPSA) is 21.7 Å². The van der Waals surface area contributed by atoms with Gasteiger partial charge in [-0.25, -0.2) is 0 Å².